The maximum atomic E-state index is 10.7. The second-order valence-corrected chi connectivity index (χ2v) is 3.96. The highest BCUT2D eigenvalue weighted by Crippen LogP contribution is 2.28. The van der Waals surface area contributed by atoms with Gasteiger partial charge in [0.15, 0.2) is 0 Å². The Bertz CT molecular complexity index is 365. The molecule has 1 aromatic carbocycles. The number of fused-ring (bicyclic) bond motifs is 1. The van der Waals surface area contributed by atoms with Crippen molar-refractivity contribution in [2.45, 2.75) is 12.5 Å². The van der Waals surface area contributed by atoms with Crippen molar-refractivity contribution in [3.8, 4) is 0 Å². The molecular weight excluding hydrogens is 234 g/mol. The molecule has 2 N–H and O–H groups in total. The molecule has 2 rings (SSSR count). The molecule has 0 saturated carbocycles. The molecule has 1 aromatic rings. The zero-order valence-corrected chi connectivity index (χ0v) is 8.34. The lowest BCUT2D eigenvalue weighted by molar-refractivity contribution is -0.137. The van der Waals surface area contributed by atoms with Crippen molar-refractivity contribution in [1.82, 2.24) is 0 Å². The second kappa shape index (κ2) is 3.03. The van der Waals surface area contributed by atoms with Crippen LogP contribution in [0.3, 0.4) is 0 Å². The van der Waals surface area contributed by atoms with E-state index >= 15 is 0 Å². The monoisotopic (exact) mass is 241 g/mol. The Morgan fingerprint density at radius 2 is 2.38 bits per heavy atom. The quantitative estimate of drug-likeness (QED) is 0.790. The predicted molar refractivity (Wildman–Crippen MR) is 52.9 cm³/mol. The van der Waals surface area contributed by atoms with Gasteiger partial charge in [-0.1, -0.05) is 15.9 Å². The number of nitrogens with one attached hydrogen (secondary N) is 1. The van der Waals surface area contributed by atoms with Crippen LogP contribution >= 0.6 is 15.9 Å². The van der Waals surface area contributed by atoms with E-state index in [1.54, 1.807) is 0 Å². The largest absolute Gasteiger partial charge is 0.480 e. The third-order valence-electron chi connectivity index (χ3n) is 2.12. The minimum atomic E-state index is -0.799. The molecule has 68 valence electrons. The van der Waals surface area contributed by atoms with Gasteiger partial charge in [0.25, 0.3) is 0 Å². The van der Waals surface area contributed by atoms with Crippen LogP contribution in [-0.2, 0) is 11.2 Å². The Balaban J connectivity index is 2.30. The Kier molecular flexibility index (Phi) is 2.00. The molecule has 0 bridgehead atoms. The van der Waals surface area contributed by atoms with E-state index in [0.717, 1.165) is 15.7 Å². The van der Waals surface area contributed by atoms with Gasteiger partial charge >= 0.3 is 5.97 Å². The van der Waals surface area contributed by atoms with Crippen LogP contribution < -0.4 is 5.32 Å². The third-order valence-corrected chi connectivity index (χ3v) is 2.61. The van der Waals surface area contributed by atoms with Crippen molar-refractivity contribution in [2.24, 2.45) is 0 Å². The first-order valence-corrected chi connectivity index (χ1v) is 4.74. The first kappa shape index (κ1) is 8.56. The number of rotatable bonds is 1. The van der Waals surface area contributed by atoms with E-state index in [1.807, 2.05) is 18.2 Å². The van der Waals surface area contributed by atoms with Gasteiger partial charge in [-0.25, -0.2) is 4.79 Å². The molecule has 1 unspecified atom stereocenters. The molecular formula is C9H8BrNO2. The highest BCUT2D eigenvalue weighted by molar-refractivity contribution is 9.10. The van der Waals surface area contributed by atoms with E-state index in [1.165, 1.54) is 0 Å². The Labute approximate surface area is 83.9 Å². The van der Waals surface area contributed by atoms with Crippen LogP contribution in [0.15, 0.2) is 22.7 Å². The summed E-state index contributed by atoms with van der Waals surface area (Å²) in [6, 6.07) is 5.27. The van der Waals surface area contributed by atoms with Crippen LogP contribution in [0.5, 0.6) is 0 Å². The van der Waals surface area contributed by atoms with Gasteiger partial charge in [-0.05, 0) is 23.8 Å². The molecule has 13 heavy (non-hydrogen) atoms. The van der Waals surface area contributed by atoms with Gasteiger partial charge in [0.05, 0.1) is 0 Å². The molecule has 4 heteroatoms. The van der Waals surface area contributed by atoms with E-state index in [2.05, 4.69) is 21.2 Å². The number of carboxylic acids is 1. The first-order valence-electron chi connectivity index (χ1n) is 3.94. The number of aliphatic carboxylic acids is 1. The SMILES string of the molecule is O=C(O)C1Cc2cc(Br)ccc2N1. The zero-order valence-electron chi connectivity index (χ0n) is 6.75. The predicted octanol–water partition coefficient (Wildman–Crippen LogP) is 1.87. The maximum absolute atomic E-state index is 10.7. The van der Waals surface area contributed by atoms with Crippen molar-refractivity contribution in [3.05, 3.63) is 28.2 Å². The lowest BCUT2D eigenvalue weighted by Crippen LogP contribution is -2.26. The molecule has 1 aliphatic rings. The average Bonchev–Trinajstić information content (AvgIpc) is 2.46. The zero-order chi connectivity index (χ0) is 9.42. The molecule has 0 aliphatic carbocycles. The molecule has 0 spiro atoms. The van der Waals surface area contributed by atoms with E-state index in [-0.39, 0.29) is 0 Å². The van der Waals surface area contributed by atoms with Gasteiger partial charge in [0.1, 0.15) is 6.04 Å². The summed E-state index contributed by atoms with van der Waals surface area (Å²) in [5.74, 6) is -0.799. The molecule has 1 heterocycles. The van der Waals surface area contributed by atoms with Crippen LogP contribution in [-0.4, -0.2) is 17.1 Å². The molecule has 0 amide bonds. The fourth-order valence-corrected chi connectivity index (χ4v) is 1.89. The second-order valence-electron chi connectivity index (χ2n) is 3.04. The Morgan fingerprint density at radius 1 is 1.62 bits per heavy atom. The number of benzene rings is 1. The number of hydrogen-bond donors (Lipinski definition) is 2. The smallest absolute Gasteiger partial charge is 0.326 e. The topological polar surface area (TPSA) is 49.3 Å². The highest BCUT2D eigenvalue weighted by atomic mass is 79.9. The van der Waals surface area contributed by atoms with Gasteiger partial charge in [0, 0.05) is 16.6 Å². The van der Waals surface area contributed by atoms with Gasteiger partial charge in [0.2, 0.25) is 0 Å². The van der Waals surface area contributed by atoms with Crippen molar-refractivity contribution in [1.29, 1.82) is 0 Å². The summed E-state index contributed by atoms with van der Waals surface area (Å²) in [5.41, 5.74) is 1.98. The first-order chi connectivity index (χ1) is 6.16. The third kappa shape index (κ3) is 1.54. The summed E-state index contributed by atoms with van der Waals surface area (Å²) in [5, 5.41) is 11.7. The van der Waals surface area contributed by atoms with E-state index in [4.69, 9.17) is 5.11 Å². The van der Waals surface area contributed by atoms with Gasteiger partial charge < -0.3 is 10.4 Å². The Hall–Kier alpha value is -1.03. The Morgan fingerprint density at radius 3 is 3.08 bits per heavy atom. The van der Waals surface area contributed by atoms with Gasteiger partial charge in [-0.15, -0.1) is 0 Å². The normalized spacial score (nSPS) is 19.3. The van der Waals surface area contributed by atoms with Crippen molar-refractivity contribution in [3.63, 3.8) is 0 Å². The average molecular weight is 242 g/mol. The summed E-state index contributed by atoms with van der Waals surface area (Å²) < 4.78 is 0.985. The maximum Gasteiger partial charge on any atom is 0.326 e. The molecule has 0 radical (unpaired) electrons. The minimum Gasteiger partial charge on any atom is -0.480 e. The summed E-state index contributed by atoms with van der Waals surface area (Å²) >= 11 is 3.35. The molecule has 0 aromatic heterocycles. The van der Waals surface area contributed by atoms with Crippen LogP contribution in [0.2, 0.25) is 0 Å². The van der Waals surface area contributed by atoms with Crippen LogP contribution in [0.1, 0.15) is 5.56 Å². The lowest BCUT2D eigenvalue weighted by Gasteiger charge is -2.03. The molecule has 0 saturated heterocycles. The summed E-state index contributed by atoms with van der Waals surface area (Å²) in [7, 11) is 0. The van der Waals surface area contributed by atoms with Crippen LogP contribution in [0, 0.1) is 0 Å². The van der Waals surface area contributed by atoms with Crippen LogP contribution in [0.25, 0.3) is 0 Å². The minimum absolute atomic E-state index is 0.468. The van der Waals surface area contributed by atoms with Crippen molar-refractivity contribution < 1.29 is 9.90 Å². The fourth-order valence-electron chi connectivity index (χ4n) is 1.48. The molecule has 0 fully saturated rings. The molecule has 1 aliphatic heterocycles. The summed E-state index contributed by atoms with van der Waals surface area (Å²) in [6.07, 6.45) is 0.560. The number of carbonyl (C=O) groups is 1. The van der Waals surface area contributed by atoms with Gasteiger partial charge in [-0.2, -0.15) is 0 Å². The number of anilines is 1. The molecule has 1 atom stereocenters. The molecule has 3 nitrogen and oxygen atoms in total. The van der Waals surface area contributed by atoms with Crippen molar-refractivity contribution >= 4 is 27.6 Å². The number of carboxylic acid groups (broad SMARTS) is 1. The highest BCUT2D eigenvalue weighted by Gasteiger charge is 2.25. The van der Waals surface area contributed by atoms with Crippen molar-refractivity contribution in [2.75, 3.05) is 5.32 Å². The number of halogens is 1. The summed E-state index contributed by atoms with van der Waals surface area (Å²) in [6.45, 7) is 0. The lowest BCUT2D eigenvalue weighted by atomic mass is 10.1. The van der Waals surface area contributed by atoms with Crippen LogP contribution in [0.4, 0.5) is 5.69 Å². The summed E-state index contributed by atoms with van der Waals surface area (Å²) in [4.78, 5) is 10.7. The number of hydrogen-bond acceptors (Lipinski definition) is 2. The fraction of sp³-hybridized carbons (Fsp3) is 0.222. The van der Waals surface area contributed by atoms with Gasteiger partial charge in [-0.3, -0.25) is 0 Å². The van der Waals surface area contributed by atoms with E-state index < -0.39 is 12.0 Å². The van der Waals surface area contributed by atoms with E-state index in [0.29, 0.717) is 6.42 Å². The standard InChI is InChI=1S/C9H8BrNO2/c10-6-1-2-7-5(3-6)4-8(11-7)9(12)13/h1-3,8,11H,4H2,(H,12,13). The van der Waals surface area contributed by atoms with E-state index in [9.17, 15) is 4.79 Å².